The van der Waals surface area contributed by atoms with Crippen molar-refractivity contribution in [2.24, 2.45) is 5.92 Å². The minimum atomic E-state index is 0.0269. The predicted octanol–water partition coefficient (Wildman–Crippen LogP) is 3.50. The SMILES string of the molecule is CCc1ccc(C2NCC(=O)N2C(C)C(CC)CC)cc1. The Kier molecular flexibility index (Phi) is 5.40. The summed E-state index contributed by atoms with van der Waals surface area (Å²) in [6, 6.07) is 8.92. The summed E-state index contributed by atoms with van der Waals surface area (Å²) in [6.07, 6.45) is 3.30. The zero-order chi connectivity index (χ0) is 15.4. The second-order valence-electron chi connectivity index (χ2n) is 6.00. The molecule has 1 saturated heterocycles. The normalized spacial score (nSPS) is 20.3. The molecule has 0 aromatic heterocycles. The number of nitrogens with one attached hydrogen (secondary N) is 1. The Morgan fingerprint density at radius 3 is 2.33 bits per heavy atom. The molecule has 1 fully saturated rings. The molecule has 2 atom stereocenters. The summed E-state index contributed by atoms with van der Waals surface area (Å²) in [7, 11) is 0. The highest BCUT2D eigenvalue weighted by Crippen LogP contribution is 2.30. The van der Waals surface area contributed by atoms with E-state index in [1.54, 1.807) is 0 Å². The van der Waals surface area contributed by atoms with E-state index >= 15 is 0 Å². The number of hydrogen-bond acceptors (Lipinski definition) is 2. The molecule has 21 heavy (non-hydrogen) atoms. The Hall–Kier alpha value is -1.35. The number of carbonyl (C=O) groups excluding carboxylic acids is 1. The van der Waals surface area contributed by atoms with E-state index in [2.05, 4.69) is 62.2 Å². The monoisotopic (exact) mass is 288 g/mol. The first-order valence-electron chi connectivity index (χ1n) is 8.25. The zero-order valence-electron chi connectivity index (χ0n) is 13.7. The van der Waals surface area contributed by atoms with E-state index in [1.165, 1.54) is 11.1 Å². The maximum absolute atomic E-state index is 12.3. The maximum atomic E-state index is 12.3. The largest absolute Gasteiger partial charge is 0.319 e. The zero-order valence-corrected chi connectivity index (χ0v) is 13.7. The van der Waals surface area contributed by atoms with Crippen molar-refractivity contribution in [1.82, 2.24) is 10.2 Å². The lowest BCUT2D eigenvalue weighted by Crippen LogP contribution is -2.42. The average molecular weight is 288 g/mol. The Morgan fingerprint density at radius 2 is 1.81 bits per heavy atom. The predicted molar refractivity (Wildman–Crippen MR) is 86.9 cm³/mol. The van der Waals surface area contributed by atoms with Crippen LogP contribution in [0.2, 0.25) is 0 Å². The molecule has 1 aromatic rings. The van der Waals surface area contributed by atoms with Crippen LogP contribution in [0.25, 0.3) is 0 Å². The third-order valence-electron chi connectivity index (χ3n) is 4.89. The fourth-order valence-electron chi connectivity index (χ4n) is 3.39. The lowest BCUT2D eigenvalue weighted by Gasteiger charge is -2.35. The molecule has 0 spiro atoms. The van der Waals surface area contributed by atoms with Gasteiger partial charge in [0.15, 0.2) is 0 Å². The highest BCUT2D eigenvalue weighted by molar-refractivity contribution is 5.81. The van der Waals surface area contributed by atoms with Crippen LogP contribution < -0.4 is 5.32 Å². The fourth-order valence-corrected chi connectivity index (χ4v) is 3.39. The molecular formula is C18H28N2O. The van der Waals surface area contributed by atoms with Crippen molar-refractivity contribution < 1.29 is 4.79 Å². The van der Waals surface area contributed by atoms with Crippen molar-refractivity contribution in [1.29, 1.82) is 0 Å². The number of aryl methyl sites for hydroxylation is 1. The van der Waals surface area contributed by atoms with Crippen LogP contribution in [-0.2, 0) is 11.2 Å². The Morgan fingerprint density at radius 1 is 1.19 bits per heavy atom. The van der Waals surface area contributed by atoms with Crippen LogP contribution in [0.3, 0.4) is 0 Å². The summed E-state index contributed by atoms with van der Waals surface area (Å²) in [4.78, 5) is 14.4. The third-order valence-corrected chi connectivity index (χ3v) is 4.89. The topological polar surface area (TPSA) is 32.3 Å². The minimum Gasteiger partial charge on any atom is -0.319 e. The van der Waals surface area contributed by atoms with Gasteiger partial charge in [-0.2, -0.15) is 0 Å². The molecule has 1 aliphatic rings. The van der Waals surface area contributed by atoms with Crippen molar-refractivity contribution >= 4 is 5.91 Å². The molecule has 3 nitrogen and oxygen atoms in total. The van der Waals surface area contributed by atoms with Gasteiger partial charge < -0.3 is 4.90 Å². The van der Waals surface area contributed by atoms with Crippen LogP contribution in [0.5, 0.6) is 0 Å². The third kappa shape index (κ3) is 3.29. The lowest BCUT2D eigenvalue weighted by molar-refractivity contribution is -0.131. The highest BCUT2D eigenvalue weighted by Gasteiger charge is 2.36. The standard InChI is InChI=1S/C18H28N2O/c1-5-14-8-10-16(11-9-14)18-19-12-17(21)20(18)13(4)15(6-2)7-3/h8-11,13,15,18-19H,5-7,12H2,1-4H3. The van der Waals surface area contributed by atoms with Crippen LogP contribution in [0.15, 0.2) is 24.3 Å². The van der Waals surface area contributed by atoms with Gasteiger partial charge >= 0.3 is 0 Å². The van der Waals surface area contributed by atoms with Crippen molar-refractivity contribution in [2.75, 3.05) is 6.54 Å². The van der Waals surface area contributed by atoms with Crippen molar-refractivity contribution in [2.45, 2.75) is 59.2 Å². The van der Waals surface area contributed by atoms with Gasteiger partial charge in [-0.15, -0.1) is 0 Å². The number of benzene rings is 1. The molecule has 1 heterocycles. The number of hydrogen-bond donors (Lipinski definition) is 1. The Bertz CT molecular complexity index is 465. The quantitative estimate of drug-likeness (QED) is 0.869. The summed E-state index contributed by atoms with van der Waals surface area (Å²) in [5.41, 5.74) is 2.53. The molecular weight excluding hydrogens is 260 g/mol. The van der Waals surface area contributed by atoms with Crippen molar-refractivity contribution in [3.63, 3.8) is 0 Å². The van der Waals surface area contributed by atoms with Crippen LogP contribution in [0, 0.1) is 5.92 Å². The molecule has 3 heteroatoms. The molecule has 2 unspecified atom stereocenters. The molecule has 0 aliphatic carbocycles. The van der Waals surface area contributed by atoms with E-state index in [1.807, 2.05) is 0 Å². The van der Waals surface area contributed by atoms with E-state index < -0.39 is 0 Å². The molecule has 116 valence electrons. The minimum absolute atomic E-state index is 0.0269. The molecule has 0 saturated carbocycles. The molecule has 0 bridgehead atoms. The number of nitrogens with zero attached hydrogens (tertiary/aromatic N) is 1. The Balaban J connectivity index is 2.22. The van der Waals surface area contributed by atoms with E-state index in [4.69, 9.17) is 0 Å². The van der Waals surface area contributed by atoms with Crippen molar-refractivity contribution in [3.05, 3.63) is 35.4 Å². The molecule has 1 N–H and O–H groups in total. The van der Waals surface area contributed by atoms with Crippen LogP contribution in [0.1, 0.15) is 57.8 Å². The number of carbonyl (C=O) groups is 1. The molecule has 1 amide bonds. The molecule has 2 rings (SSSR count). The summed E-state index contributed by atoms with van der Waals surface area (Å²) < 4.78 is 0. The van der Waals surface area contributed by atoms with Gasteiger partial charge in [0.2, 0.25) is 5.91 Å². The van der Waals surface area contributed by atoms with Gasteiger partial charge in [0.25, 0.3) is 0 Å². The van der Waals surface area contributed by atoms with E-state index in [9.17, 15) is 4.79 Å². The van der Waals surface area contributed by atoms with Crippen LogP contribution in [-0.4, -0.2) is 23.4 Å². The summed E-state index contributed by atoms with van der Waals surface area (Å²) >= 11 is 0. The summed E-state index contributed by atoms with van der Waals surface area (Å²) in [5, 5.41) is 3.37. The highest BCUT2D eigenvalue weighted by atomic mass is 16.2. The average Bonchev–Trinajstić information content (AvgIpc) is 2.90. The van der Waals surface area contributed by atoms with Gasteiger partial charge in [-0.3, -0.25) is 10.1 Å². The molecule has 1 aromatic carbocycles. The maximum Gasteiger partial charge on any atom is 0.238 e. The summed E-state index contributed by atoms with van der Waals surface area (Å²) in [6.45, 7) is 9.22. The van der Waals surface area contributed by atoms with Gasteiger partial charge in [0, 0.05) is 6.04 Å². The van der Waals surface area contributed by atoms with Gasteiger partial charge in [0.1, 0.15) is 6.17 Å². The summed E-state index contributed by atoms with van der Waals surface area (Å²) in [5.74, 6) is 0.783. The van der Waals surface area contributed by atoms with Gasteiger partial charge in [-0.05, 0) is 30.4 Å². The second kappa shape index (κ2) is 7.08. The number of amides is 1. The van der Waals surface area contributed by atoms with E-state index in [-0.39, 0.29) is 18.1 Å². The van der Waals surface area contributed by atoms with Gasteiger partial charge in [-0.1, -0.05) is 57.9 Å². The first-order chi connectivity index (χ1) is 10.1. The first kappa shape index (κ1) is 16.0. The van der Waals surface area contributed by atoms with Gasteiger partial charge in [0.05, 0.1) is 6.54 Å². The number of rotatable bonds is 6. The smallest absolute Gasteiger partial charge is 0.238 e. The Labute approximate surface area is 128 Å². The second-order valence-corrected chi connectivity index (χ2v) is 6.00. The van der Waals surface area contributed by atoms with Gasteiger partial charge in [-0.25, -0.2) is 0 Å². The van der Waals surface area contributed by atoms with Crippen LogP contribution in [0.4, 0.5) is 0 Å². The molecule has 0 radical (unpaired) electrons. The fraction of sp³-hybridized carbons (Fsp3) is 0.611. The lowest BCUT2D eigenvalue weighted by atomic mass is 9.93. The molecule has 1 aliphatic heterocycles. The van der Waals surface area contributed by atoms with E-state index in [0.29, 0.717) is 12.5 Å². The first-order valence-corrected chi connectivity index (χ1v) is 8.25. The van der Waals surface area contributed by atoms with E-state index in [0.717, 1.165) is 19.3 Å². The van der Waals surface area contributed by atoms with Crippen molar-refractivity contribution in [3.8, 4) is 0 Å². The van der Waals surface area contributed by atoms with Crippen LogP contribution >= 0.6 is 0 Å².